The monoisotopic (exact) mass is 398 g/mol. The lowest BCUT2D eigenvalue weighted by Crippen LogP contribution is -2.28. The first-order valence-corrected chi connectivity index (χ1v) is 10.00. The molecule has 0 saturated carbocycles. The number of aryl methyl sites for hydroxylation is 1. The average Bonchev–Trinajstić information content (AvgIpc) is 3.20. The van der Waals surface area contributed by atoms with Gasteiger partial charge < -0.3 is 9.47 Å². The van der Waals surface area contributed by atoms with Gasteiger partial charge in [-0.05, 0) is 31.0 Å². The number of carbonyl (C=O) groups is 1. The summed E-state index contributed by atoms with van der Waals surface area (Å²) in [5.74, 6) is 0.873. The van der Waals surface area contributed by atoms with Crippen LogP contribution in [0.1, 0.15) is 12.0 Å². The number of thioether (sulfide) groups is 1. The van der Waals surface area contributed by atoms with Crippen LogP contribution in [0.4, 0.5) is 5.69 Å². The first-order valence-electron chi connectivity index (χ1n) is 8.74. The van der Waals surface area contributed by atoms with Crippen LogP contribution < -0.4 is 4.90 Å². The SMILES string of the molecule is Cc1ccccc1-c1nnc(SC2CCN(c3ccccc3Cl)C2=O)n1C. The lowest BCUT2D eigenvalue weighted by molar-refractivity contribution is -0.116. The van der Waals surface area contributed by atoms with Gasteiger partial charge in [0, 0.05) is 19.2 Å². The molecule has 1 atom stereocenters. The van der Waals surface area contributed by atoms with Gasteiger partial charge in [0.2, 0.25) is 5.91 Å². The quantitative estimate of drug-likeness (QED) is 0.655. The van der Waals surface area contributed by atoms with Crippen LogP contribution in [-0.4, -0.2) is 32.5 Å². The van der Waals surface area contributed by atoms with Gasteiger partial charge in [-0.3, -0.25) is 4.79 Å². The fraction of sp³-hybridized carbons (Fsp3) is 0.250. The van der Waals surface area contributed by atoms with Crippen molar-refractivity contribution in [2.24, 2.45) is 7.05 Å². The second-order valence-corrected chi connectivity index (χ2v) is 8.09. The Morgan fingerprint density at radius 2 is 1.85 bits per heavy atom. The van der Waals surface area contributed by atoms with Crippen molar-refractivity contribution < 1.29 is 4.79 Å². The molecule has 4 rings (SSSR count). The molecule has 3 aromatic rings. The standard InChI is InChI=1S/C20H19ClN4OS/c1-13-7-3-4-8-14(13)18-22-23-20(24(18)2)27-17-11-12-25(19(17)26)16-10-6-5-9-15(16)21/h3-10,17H,11-12H2,1-2H3. The first kappa shape index (κ1) is 18.1. The zero-order chi connectivity index (χ0) is 19.0. The molecular formula is C20H19ClN4OS. The topological polar surface area (TPSA) is 51.0 Å². The highest BCUT2D eigenvalue weighted by atomic mass is 35.5. The predicted octanol–water partition coefficient (Wildman–Crippen LogP) is 4.34. The summed E-state index contributed by atoms with van der Waals surface area (Å²) >= 11 is 7.73. The third kappa shape index (κ3) is 3.35. The van der Waals surface area contributed by atoms with E-state index in [-0.39, 0.29) is 11.2 Å². The molecule has 1 saturated heterocycles. The van der Waals surface area contributed by atoms with E-state index in [9.17, 15) is 4.79 Å². The van der Waals surface area contributed by atoms with E-state index in [1.807, 2.05) is 54.1 Å². The Morgan fingerprint density at radius 3 is 2.63 bits per heavy atom. The summed E-state index contributed by atoms with van der Waals surface area (Å²) in [6.45, 7) is 2.71. The van der Waals surface area contributed by atoms with E-state index in [4.69, 9.17) is 11.6 Å². The highest BCUT2D eigenvalue weighted by Gasteiger charge is 2.35. The molecule has 1 aliphatic rings. The lowest BCUT2D eigenvalue weighted by atomic mass is 10.1. The maximum Gasteiger partial charge on any atom is 0.240 e. The Kier molecular flexibility index (Phi) is 4.93. The minimum Gasteiger partial charge on any atom is -0.310 e. The third-order valence-electron chi connectivity index (χ3n) is 4.77. The van der Waals surface area contributed by atoms with Crippen molar-refractivity contribution in [1.82, 2.24) is 14.8 Å². The summed E-state index contributed by atoms with van der Waals surface area (Å²) in [6, 6.07) is 15.5. The van der Waals surface area contributed by atoms with Crippen molar-refractivity contribution >= 4 is 35.0 Å². The van der Waals surface area contributed by atoms with Crippen LogP contribution in [0.3, 0.4) is 0 Å². The van der Waals surface area contributed by atoms with Crippen molar-refractivity contribution in [1.29, 1.82) is 0 Å². The Labute approximate surface area is 167 Å². The smallest absolute Gasteiger partial charge is 0.240 e. The molecule has 138 valence electrons. The van der Waals surface area contributed by atoms with Crippen LogP contribution in [0.2, 0.25) is 5.02 Å². The van der Waals surface area contributed by atoms with E-state index in [1.54, 1.807) is 4.90 Å². The minimum atomic E-state index is -0.186. The molecule has 1 aliphatic heterocycles. The number of nitrogens with zero attached hydrogens (tertiary/aromatic N) is 4. The summed E-state index contributed by atoms with van der Waals surface area (Å²) in [4.78, 5) is 14.7. The number of hydrogen-bond acceptors (Lipinski definition) is 4. The highest BCUT2D eigenvalue weighted by Crippen LogP contribution is 2.36. The van der Waals surface area contributed by atoms with Crippen LogP contribution in [0.15, 0.2) is 53.7 Å². The molecule has 1 fully saturated rings. The van der Waals surface area contributed by atoms with Gasteiger partial charge in [0.1, 0.15) is 0 Å². The third-order valence-corrected chi connectivity index (χ3v) is 6.38. The van der Waals surface area contributed by atoms with Gasteiger partial charge in [0.25, 0.3) is 0 Å². The summed E-state index contributed by atoms with van der Waals surface area (Å²) in [5.41, 5.74) is 2.96. The van der Waals surface area contributed by atoms with Gasteiger partial charge >= 0.3 is 0 Å². The molecule has 7 heteroatoms. The van der Waals surface area contributed by atoms with Gasteiger partial charge in [0.15, 0.2) is 11.0 Å². The zero-order valence-corrected chi connectivity index (χ0v) is 16.7. The van der Waals surface area contributed by atoms with Crippen LogP contribution >= 0.6 is 23.4 Å². The van der Waals surface area contributed by atoms with Gasteiger partial charge in [-0.25, -0.2) is 0 Å². The number of carbonyl (C=O) groups excluding carboxylic acids is 1. The van der Waals surface area contributed by atoms with Crippen molar-refractivity contribution in [3.63, 3.8) is 0 Å². The fourth-order valence-electron chi connectivity index (χ4n) is 3.28. The van der Waals surface area contributed by atoms with E-state index in [2.05, 4.69) is 23.2 Å². The van der Waals surface area contributed by atoms with E-state index in [0.717, 1.165) is 34.2 Å². The van der Waals surface area contributed by atoms with E-state index >= 15 is 0 Å². The number of rotatable bonds is 4. The molecule has 0 N–H and O–H groups in total. The van der Waals surface area contributed by atoms with E-state index in [0.29, 0.717) is 11.6 Å². The molecule has 0 spiro atoms. The van der Waals surface area contributed by atoms with Crippen LogP contribution in [0.5, 0.6) is 0 Å². The van der Waals surface area contributed by atoms with E-state index in [1.165, 1.54) is 11.8 Å². The van der Waals surface area contributed by atoms with Gasteiger partial charge in [0.05, 0.1) is 16.0 Å². The normalized spacial score (nSPS) is 16.9. The number of aromatic nitrogens is 3. The predicted molar refractivity (Wildman–Crippen MR) is 109 cm³/mol. The summed E-state index contributed by atoms with van der Waals surface area (Å²) in [7, 11) is 1.94. The van der Waals surface area contributed by atoms with Crippen molar-refractivity contribution in [2.45, 2.75) is 23.8 Å². The largest absolute Gasteiger partial charge is 0.310 e. The Hall–Kier alpha value is -2.31. The Bertz CT molecular complexity index is 1000. The Morgan fingerprint density at radius 1 is 1.11 bits per heavy atom. The molecule has 0 aliphatic carbocycles. The molecule has 0 radical (unpaired) electrons. The lowest BCUT2D eigenvalue weighted by Gasteiger charge is -2.17. The second-order valence-electron chi connectivity index (χ2n) is 6.52. The van der Waals surface area contributed by atoms with Crippen LogP contribution in [0.25, 0.3) is 11.4 Å². The Balaban J connectivity index is 1.55. The molecule has 0 bridgehead atoms. The van der Waals surface area contributed by atoms with Gasteiger partial charge in [-0.1, -0.05) is 59.8 Å². The highest BCUT2D eigenvalue weighted by molar-refractivity contribution is 8.00. The zero-order valence-electron chi connectivity index (χ0n) is 15.1. The summed E-state index contributed by atoms with van der Waals surface area (Å²) in [6.07, 6.45) is 0.751. The maximum atomic E-state index is 12.9. The molecule has 2 heterocycles. The van der Waals surface area contributed by atoms with Crippen molar-refractivity contribution in [2.75, 3.05) is 11.4 Å². The van der Waals surface area contributed by atoms with Crippen LogP contribution in [0, 0.1) is 6.92 Å². The van der Waals surface area contributed by atoms with Crippen LogP contribution in [-0.2, 0) is 11.8 Å². The summed E-state index contributed by atoms with van der Waals surface area (Å²) < 4.78 is 1.96. The minimum absolute atomic E-state index is 0.0635. The first-order chi connectivity index (χ1) is 13.1. The molecule has 27 heavy (non-hydrogen) atoms. The number of hydrogen-bond donors (Lipinski definition) is 0. The number of halogens is 1. The number of anilines is 1. The maximum absolute atomic E-state index is 12.9. The molecule has 1 unspecified atom stereocenters. The summed E-state index contributed by atoms with van der Waals surface area (Å²) in [5, 5.41) is 9.83. The van der Waals surface area contributed by atoms with Crippen molar-refractivity contribution in [3.8, 4) is 11.4 Å². The van der Waals surface area contributed by atoms with E-state index < -0.39 is 0 Å². The molecule has 2 aromatic carbocycles. The fourth-order valence-corrected chi connectivity index (χ4v) is 4.55. The molecule has 5 nitrogen and oxygen atoms in total. The van der Waals surface area contributed by atoms with Crippen molar-refractivity contribution in [3.05, 3.63) is 59.1 Å². The van der Waals surface area contributed by atoms with Gasteiger partial charge in [-0.2, -0.15) is 0 Å². The second kappa shape index (κ2) is 7.37. The molecular weight excluding hydrogens is 380 g/mol. The number of para-hydroxylation sites is 1. The molecule has 1 amide bonds. The average molecular weight is 399 g/mol. The number of benzene rings is 2. The number of amides is 1. The van der Waals surface area contributed by atoms with Gasteiger partial charge in [-0.15, -0.1) is 10.2 Å². The molecule has 1 aromatic heterocycles.